The minimum absolute atomic E-state index is 0.116. The Bertz CT molecular complexity index is 873. The van der Waals surface area contributed by atoms with Gasteiger partial charge in [0.15, 0.2) is 6.67 Å². The van der Waals surface area contributed by atoms with Crippen LogP contribution in [0.1, 0.15) is 23.5 Å². The number of thioether (sulfide) groups is 1. The van der Waals surface area contributed by atoms with Crippen LogP contribution in [0.5, 0.6) is 0 Å². The van der Waals surface area contributed by atoms with E-state index >= 15 is 0 Å². The molecule has 1 amide bonds. The van der Waals surface area contributed by atoms with Gasteiger partial charge in [0.1, 0.15) is 17.5 Å². The van der Waals surface area contributed by atoms with Gasteiger partial charge in [-0.1, -0.05) is 60.7 Å². The van der Waals surface area contributed by atoms with Crippen molar-refractivity contribution in [1.82, 2.24) is 4.90 Å². The van der Waals surface area contributed by atoms with E-state index in [4.69, 9.17) is 0 Å². The molecule has 2 aliphatic rings. The second-order valence-corrected chi connectivity index (χ2v) is 7.64. The molecule has 0 aliphatic carbocycles. The molecule has 2 atom stereocenters. The van der Waals surface area contributed by atoms with Crippen LogP contribution in [0.3, 0.4) is 0 Å². The molecule has 0 saturated carbocycles. The third-order valence-corrected chi connectivity index (χ3v) is 6.18. The molecule has 1 saturated heterocycles. The molecule has 4 rings (SSSR count). The van der Waals surface area contributed by atoms with Crippen LogP contribution in [-0.2, 0) is 11.3 Å². The highest BCUT2D eigenvalue weighted by molar-refractivity contribution is 8.02. The van der Waals surface area contributed by atoms with Crippen molar-refractivity contribution in [3.05, 3.63) is 82.4 Å². The molecule has 26 heavy (non-hydrogen) atoms. The Kier molecular flexibility index (Phi) is 4.79. The Morgan fingerprint density at radius 2 is 1.81 bits per heavy atom. The van der Waals surface area contributed by atoms with Gasteiger partial charge in [0.2, 0.25) is 5.91 Å². The summed E-state index contributed by atoms with van der Waals surface area (Å²) >= 11 is 1.63. The standard InChI is InChI=1S/C21H19N3OS/c22-12-19-18(17-9-5-2-6-10-17)11-20(25)24-14-23(15-26-21(19)24)13-16-7-3-1-4-8-16/h1-10,18H,11,13-15H2/p+1/t18-/m1/s1. The zero-order valence-corrected chi connectivity index (χ0v) is 15.2. The van der Waals surface area contributed by atoms with Crippen LogP contribution in [0.2, 0.25) is 0 Å². The number of fused-ring (bicyclic) bond motifs is 1. The molecule has 0 aromatic heterocycles. The lowest BCUT2D eigenvalue weighted by Crippen LogP contribution is -3.12. The van der Waals surface area contributed by atoms with Crippen LogP contribution in [-0.4, -0.2) is 23.4 Å². The molecule has 0 bridgehead atoms. The normalized spacial score (nSPS) is 22.7. The van der Waals surface area contributed by atoms with Gasteiger partial charge in [0.25, 0.3) is 0 Å². The number of rotatable bonds is 3. The van der Waals surface area contributed by atoms with Gasteiger partial charge < -0.3 is 4.90 Å². The van der Waals surface area contributed by atoms with Gasteiger partial charge in [-0.15, -0.1) is 0 Å². The Labute approximate surface area is 157 Å². The zero-order chi connectivity index (χ0) is 17.9. The average Bonchev–Trinajstić information content (AvgIpc) is 2.69. The molecule has 2 aliphatic heterocycles. The molecule has 1 N–H and O–H groups in total. The van der Waals surface area contributed by atoms with Crippen LogP contribution < -0.4 is 4.90 Å². The number of amides is 1. The van der Waals surface area contributed by atoms with Gasteiger partial charge in [-0.05, 0) is 17.3 Å². The monoisotopic (exact) mass is 362 g/mol. The Morgan fingerprint density at radius 3 is 2.50 bits per heavy atom. The summed E-state index contributed by atoms with van der Waals surface area (Å²) in [5.74, 6) is 0.856. The van der Waals surface area contributed by atoms with Gasteiger partial charge in [-0.3, -0.25) is 9.69 Å². The Balaban J connectivity index is 1.59. The summed E-state index contributed by atoms with van der Waals surface area (Å²) < 4.78 is 0. The summed E-state index contributed by atoms with van der Waals surface area (Å²) in [5, 5.41) is 10.6. The molecule has 130 valence electrons. The first-order valence-corrected chi connectivity index (χ1v) is 9.74. The lowest BCUT2D eigenvalue weighted by Gasteiger charge is -2.39. The Morgan fingerprint density at radius 1 is 1.12 bits per heavy atom. The van der Waals surface area contributed by atoms with Crippen molar-refractivity contribution < 1.29 is 9.69 Å². The average molecular weight is 362 g/mol. The number of nitriles is 1. The number of benzene rings is 2. The fourth-order valence-corrected chi connectivity index (χ4v) is 4.84. The summed E-state index contributed by atoms with van der Waals surface area (Å²) in [6.07, 6.45) is 0.371. The van der Waals surface area contributed by atoms with E-state index < -0.39 is 0 Å². The topological polar surface area (TPSA) is 48.5 Å². The molecular formula is C21H20N3OS+. The van der Waals surface area contributed by atoms with E-state index in [0.29, 0.717) is 13.1 Å². The van der Waals surface area contributed by atoms with Gasteiger partial charge in [-0.2, -0.15) is 5.26 Å². The lowest BCUT2D eigenvalue weighted by atomic mass is 9.86. The lowest BCUT2D eigenvalue weighted by molar-refractivity contribution is -0.910. The number of carbonyl (C=O) groups is 1. The van der Waals surface area contributed by atoms with E-state index in [1.807, 2.05) is 53.4 Å². The molecule has 1 fully saturated rings. The van der Waals surface area contributed by atoms with Crippen molar-refractivity contribution in [1.29, 1.82) is 5.26 Å². The summed E-state index contributed by atoms with van der Waals surface area (Å²) in [7, 11) is 0. The number of nitrogens with one attached hydrogen (secondary N) is 1. The molecule has 4 nitrogen and oxygen atoms in total. The minimum Gasteiger partial charge on any atom is -0.305 e. The molecule has 2 aromatic rings. The molecule has 0 spiro atoms. The first-order chi connectivity index (χ1) is 12.8. The number of nitrogens with zero attached hydrogens (tertiary/aromatic N) is 2. The van der Waals surface area contributed by atoms with Crippen molar-refractivity contribution >= 4 is 17.7 Å². The molecule has 5 heteroatoms. The van der Waals surface area contributed by atoms with Crippen molar-refractivity contribution in [3.63, 3.8) is 0 Å². The number of carbonyl (C=O) groups excluding carboxylic acids is 1. The van der Waals surface area contributed by atoms with Crippen LogP contribution in [0.15, 0.2) is 71.3 Å². The first kappa shape index (κ1) is 16.9. The summed E-state index contributed by atoms with van der Waals surface area (Å²) in [4.78, 5) is 16.0. The van der Waals surface area contributed by atoms with E-state index in [1.54, 1.807) is 11.8 Å². The maximum absolute atomic E-state index is 12.8. The van der Waals surface area contributed by atoms with Gasteiger partial charge in [0.05, 0.1) is 11.6 Å². The minimum atomic E-state index is -0.122. The third kappa shape index (κ3) is 3.26. The van der Waals surface area contributed by atoms with E-state index in [2.05, 4.69) is 18.2 Å². The summed E-state index contributed by atoms with van der Waals surface area (Å²) in [5.41, 5.74) is 3.05. The highest BCUT2D eigenvalue weighted by atomic mass is 32.2. The number of quaternary nitrogens is 1. The van der Waals surface area contributed by atoms with Crippen LogP contribution >= 0.6 is 11.8 Å². The number of hydrogen-bond donors (Lipinski definition) is 1. The molecule has 0 radical (unpaired) electrons. The van der Waals surface area contributed by atoms with Crippen molar-refractivity contribution in [2.45, 2.75) is 18.9 Å². The van der Waals surface area contributed by atoms with E-state index in [1.165, 1.54) is 10.5 Å². The van der Waals surface area contributed by atoms with Crippen molar-refractivity contribution in [3.8, 4) is 6.07 Å². The van der Waals surface area contributed by atoms with Crippen molar-refractivity contribution in [2.24, 2.45) is 0 Å². The fourth-order valence-electron chi connectivity index (χ4n) is 3.64. The highest BCUT2D eigenvalue weighted by Crippen LogP contribution is 2.40. The quantitative estimate of drug-likeness (QED) is 0.913. The van der Waals surface area contributed by atoms with Gasteiger partial charge in [-0.25, -0.2) is 0 Å². The second kappa shape index (κ2) is 7.36. The predicted molar refractivity (Wildman–Crippen MR) is 102 cm³/mol. The smallest absolute Gasteiger partial charge is 0.232 e. The van der Waals surface area contributed by atoms with E-state index in [-0.39, 0.29) is 11.8 Å². The summed E-state index contributed by atoms with van der Waals surface area (Å²) in [6.45, 7) is 1.51. The fraction of sp³-hybridized carbons (Fsp3) is 0.238. The number of hydrogen-bond acceptors (Lipinski definition) is 3. The largest absolute Gasteiger partial charge is 0.305 e. The zero-order valence-electron chi connectivity index (χ0n) is 14.4. The molecular weight excluding hydrogens is 342 g/mol. The third-order valence-electron chi connectivity index (χ3n) is 4.92. The van der Waals surface area contributed by atoms with Gasteiger partial charge >= 0.3 is 0 Å². The van der Waals surface area contributed by atoms with Crippen LogP contribution in [0, 0.1) is 11.3 Å². The highest BCUT2D eigenvalue weighted by Gasteiger charge is 2.39. The maximum Gasteiger partial charge on any atom is 0.232 e. The van der Waals surface area contributed by atoms with Crippen LogP contribution in [0.4, 0.5) is 0 Å². The Hall–Kier alpha value is -2.55. The predicted octanol–water partition coefficient (Wildman–Crippen LogP) is 2.48. The number of allylic oxidation sites excluding steroid dienone is 1. The van der Waals surface area contributed by atoms with Gasteiger partial charge in [0, 0.05) is 17.9 Å². The van der Waals surface area contributed by atoms with E-state index in [9.17, 15) is 10.1 Å². The molecule has 1 unspecified atom stereocenters. The molecule has 2 aromatic carbocycles. The second-order valence-electron chi connectivity index (χ2n) is 6.68. The maximum atomic E-state index is 12.8. The SMILES string of the molecule is N#CC1=C2SC[NH+](Cc3ccccc3)CN2C(=O)C[C@@H]1c1ccccc1. The molecule has 2 heterocycles. The van der Waals surface area contributed by atoms with E-state index in [0.717, 1.165) is 28.6 Å². The van der Waals surface area contributed by atoms with Crippen LogP contribution in [0.25, 0.3) is 0 Å². The first-order valence-electron chi connectivity index (χ1n) is 8.76. The van der Waals surface area contributed by atoms with Crippen molar-refractivity contribution in [2.75, 3.05) is 12.5 Å². The summed E-state index contributed by atoms with van der Waals surface area (Å²) in [6, 6.07) is 22.6.